The highest BCUT2D eigenvalue weighted by molar-refractivity contribution is 7.89. The number of nitrogens with two attached hydrogens (primary N) is 1. The molecule has 0 aromatic carbocycles. The Labute approximate surface area is 88.5 Å². The van der Waals surface area contributed by atoms with E-state index >= 15 is 0 Å². The number of ether oxygens (including phenoxy) is 1. The Kier molecular flexibility index (Phi) is 3.98. The van der Waals surface area contributed by atoms with E-state index in [1.807, 2.05) is 6.92 Å². The van der Waals surface area contributed by atoms with Crippen molar-refractivity contribution in [2.24, 2.45) is 5.14 Å². The van der Waals surface area contributed by atoms with Gasteiger partial charge in [-0.05, 0) is 19.4 Å². The van der Waals surface area contributed by atoms with Crippen molar-refractivity contribution >= 4 is 10.0 Å². The van der Waals surface area contributed by atoms with Gasteiger partial charge in [0.05, 0.1) is 12.4 Å². The monoisotopic (exact) mass is 231 g/mol. The predicted octanol–water partition coefficient (Wildman–Crippen LogP) is -0.158. The maximum atomic E-state index is 10.6. The zero-order valence-corrected chi connectivity index (χ0v) is 9.20. The van der Waals surface area contributed by atoms with Gasteiger partial charge in [-0.1, -0.05) is 0 Å². The minimum absolute atomic E-state index is 0.0984. The molecule has 1 rings (SSSR count). The molecule has 0 atom stereocenters. The van der Waals surface area contributed by atoms with Crippen LogP contribution in [0.25, 0.3) is 0 Å². The number of nitrogens with zero attached hydrogens (tertiary/aromatic N) is 2. The van der Waals surface area contributed by atoms with Crippen molar-refractivity contribution in [3.63, 3.8) is 0 Å². The lowest BCUT2D eigenvalue weighted by molar-refractivity contribution is 0.292. The van der Waals surface area contributed by atoms with E-state index in [4.69, 9.17) is 9.88 Å². The van der Waals surface area contributed by atoms with Crippen molar-refractivity contribution in [3.8, 4) is 6.01 Å². The van der Waals surface area contributed by atoms with Gasteiger partial charge in [0.2, 0.25) is 10.0 Å². The first-order valence-corrected chi connectivity index (χ1v) is 6.12. The van der Waals surface area contributed by atoms with Gasteiger partial charge in [-0.3, -0.25) is 0 Å². The van der Waals surface area contributed by atoms with Gasteiger partial charge in [-0.2, -0.15) is 0 Å². The van der Waals surface area contributed by atoms with Crippen molar-refractivity contribution in [1.29, 1.82) is 0 Å². The Balaban J connectivity index is 2.32. The van der Waals surface area contributed by atoms with Gasteiger partial charge in [-0.25, -0.2) is 23.5 Å². The Bertz CT molecular complexity index is 419. The van der Waals surface area contributed by atoms with E-state index in [1.165, 1.54) is 0 Å². The van der Waals surface area contributed by atoms with E-state index in [0.29, 0.717) is 6.42 Å². The molecule has 1 aromatic rings. The van der Waals surface area contributed by atoms with Gasteiger partial charge in [0, 0.05) is 11.9 Å². The zero-order chi connectivity index (χ0) is 11.3. The van der Waals surface area contributed by atoms with E-state index in [9.17, 15) is 8.42 Å². The second-order valence-electron chi connectivity index (χ2n) is 3.05. The predicted molar refractivity (Wildman–Crippen MR) is 54.9 cm³/mol. The van der Waals surface area contributed by atoms with Crippen LogP contribution in [0.4, 0.5) is 0 Å². The highest BCUT2D eigenvalue weighted by atomic mass is 32.2. The summed E-state index contributed by atoms with van der Waals surface area (Å²) in [6, 6.07) is 2.00. The Hall–Kier alpha value is -1.21. The minimum atomic E-state index is -3.41. The molecule has 15 heavy (non-hydrogen) atoms. The number of aryl methyl sites for hydroxylation is 1. The van der Waals surface area contributed by atoms with Crippen LogP contribution in [-0.2, 0) is 10.0 Å². The van der Waals surface area contributed by atoms with Crippen molar-refractivity contribution in [1.82, 2.24) is 9.97 Å². The minimum Gasteiger partial charge on any atom is -0.463 e. The molecule has 0 aliphatic heterocycles. The first-order valence-electron chi connectivity index (χ1n) is 4.40. The standard InChI is InChI=1S/C8H13N3O3S/c1-7-3-4-10-8(11-7)14-5-2-6-15(9,12)13/h3-4H,2,5-6H2,1H3,(H2,9,12,13). The van der Waals surface area contributed by atoms with Crippen LogP contribution in [0.2, 0.25) is 0 Å². The SMILES string of the molecule is Cc1ccnc(OCCCS(N)(=O)=O)n1. The summed E-state index contributed by atoms with van der Waals surface area (Å²) in [6.45, 7) is 2.05. The second-order valence-corrected chi connectivity index (χ2v) is 4.78. The molecule has 84 valence electrons. The number of aromatic nitrogens is 2. The van der Waals surface area contributed by atoms with Crippen LogP contribution in [0.3, 0.4) is 0 Å². The molecule has 0 aliphatic rings. The average molecular weight is 231 g/mol. The summed E-state index contributed by atoms with van der Waals surface area (Å²) in [5, 5.41) is 4.82. The quantitative estimate of drug-likeness (QED) is 0.710. The molecule has 1 aromatic heterocycles. The molecule has 7 heteroatoms. The van der Waals surface area contributed by atoms with Crippen LogP contribution < -0.4 is 9.88 Å². The molecule has 0 unspecified atom stereocenters. The molecular weight excluding hydrogens is 218 g/mol. The van der Waals surface area contributed by atoms with Crippen LogP contribution >= 0.6 is 0 Å². The summed E-state index contributed by atoms with van der Waals surface area (Å²) in [6.07, 6.45) is 1.91. The van der Waals surface area contributed by atoms with Crippen LogP contribution in [0.15, 0.2) is 12.3 Å². The lowest BCUT2D eigenvalue weighted by Crippen LogP contribution is -2.18. The molecule has 0 saturated heterocycles. The number of primary sulfonamides is 1. The first-order chi connectivity index (χ1) is 6.97. The largest absolute Gasteiger partial charge is 0.463 e. The van der Waals surface area contributed by atoms with E-state index in [1.54, 1.807) is 12.3 Å². The molecule has 0 saturated carbocycles. The summed E-state index contributed by atoms with van der Waals surface area (Å²) >= 11 is 0. The highest BCUT2D eigenvalue weighted by Gasteiger charge is 2.03. The van der Waals surface area contributed by atoms with Gasteiger partial charge < -0.3 is 4.74 Å². The third kappa shape index (κ3) is 5.28. The van der Waals surface area contributed by atoms with Gasteiger partial charge in [0.1, 0.15) is 0 Å². The summed E-state index contributed by atoms with van der Waals surface area (Å²) in [4.78, 5) is 7.85. The van der Waals surface area contributed by atoms with Crippen LogP contribution in [0, 0.1) is 6.92 Å². The number of rotatable bonds is 5. The number of sulfonamides is 1. The molecule has 0 amide bonds. The van der Waals surface area contributed by atoms with Gasteiger partial charge >= 0.3 is 6.01 Å². The van der Waals surface area contributed by atoms with Gasteiger partial charge in [0.25, 0.3) is 0 Å². The van der Waals surface area contributed by atoms with Crippen molar-refractivity contribution in [2.45, 2.75) is 13.3 Å². The van der Waals surface area contributed by atoms with E-state index < -0.39 is 10.0 Å². The van der Waals surface area contributed by atoms with Gasteiger partial charge in [0.15, 0.2) is 0 Å². The van der Waals surface area contributed by atoms with E-state index in [0.717, 1.165) is 5.69 Å². The molecule has 1 heterocycles. The topological polar surface area (TPSA) is 95.2 Å². The summed E-state index contributed by atoms with van der Waals surface area (Å²) in [5.41, 5.74) is 0.798. The molecule has 0 aliphatic carbocycles. The second kappa shape index (κ2) is 5.04. The maximum Gasteiger partial charge on any atom is 0.316 e. The first kappa shape index (κ1) is 11.9. The zero-order valence-electron chi connectivity index (χ0n) is 8.38. The maximum absolute atomic E-state index is 10.6. The Morgan fingerprint density at radius 2 is 2.27 bits per heavy atom. The Morgan fingerprint density at radius 3 is 2.87 bits per heavy atom. The van der Waals surface area contributed by atoms with Gasteiger partial charge in [-0.15, -0.1) is 0 Å². The van der Waals surface area contributed by atoms with Crippen molar-refractivity contribution in [3.05, 3.63) is 18.0 Å². The van der Waals surface area contributed by atoms with Crippen LogP contribution in [0.5, 0.6) is 6.01 Å². The fourth-order valence-corrected chi connectivity index (χ4v) is 1.44. The number of hydrogen-bond donors (Lipinski definition) is 1. The lowest BCUT2D eigenvalue weighted by atomic mass is 10.5. The van der Waals surface area contributed by atoms with Crippen molar-refractivity contribution < 1.29 is 13.2 Å². The summed E-state index contributed by atoms with van der Waals surface area (Å²) in [7, 11) is -3.41. The fraction of sp³-hybridized carbons (Fsp3) is 0.500. The smallest absolute Gasteiger partial charge is 0.316 e. The summed E-state index contributed by atoms with van der Waals surface area (Å²) in [5.74, 6) is -0.0984. The lowest BCUT2D eigenvalue weighted by Gasteiger charge is -2.03. The molecule has 0 fully saturated rings. The van der Waals surface area contributed by atoms with E-state index in [-0.39, 0.29) is 18.4 Å². The normalized spacial score (nSPS) is 11.3. The third-order valence-electron chi connectivity index (χ3n) is 1.58. The number of hydrogen-bond acceptors (Lipinski definition) is 5. The average Bonchev–Trinajstić information content (AvgIpc) is 2.11. The molecule has 0 spiro atoms. The molecular formula is C8H13N3O3S. The molecule has 6 nitrogen and oxygen atoms in total. The fourth-order valence-electron chi connectivity index (χ4n) is 0.919. The third-order valence-corrected chi connectivity index (χ3v) is 2.43. The highest BCUT2D eigenvalue weighted by Crippen LogP contribution is 2.02. The van der Waals surface area contributed by atoms with Crippen LogP contribution in [-0.4, -0.2) is 30.7 Å². The summed E-state index contributed by atoms with van der Waals surface area (Å²) < 4.78 is 26.3. The van der Waals surface area contributed by atoms with Crippen LogP contribution in [0.1, 0.15) is 12.1 Å². The molecule has 0 radical (unpaired) electrons. The van der Waals surface area contributed by atoms with E-state index in [2.05, 4.69) is 9.97 Å². The molecule has 0 bridgehead atoms. The molecule has 2 N–H and O–H groups in total. The van der Waals surface area contributed by atoms with Crippen molar-refractivity contribution in [2.75, 3.05) is 12.4 Å². The Morgan fingerprint density at radius 1 is 1.53 bits per heavy atom.